The Bertz CT molecular complexity index is 567. The van der Waals surface area contributed by atoms with E-state index in [0.29, 0.717) is 6.04 Å². The van der Waals surface area contributed by atoms with E-state index in [1.807, 2.05) is 16.8 Å². The minimum absolute atomic E-state index is 0.210. The highest BCUT2D eigenvalue weighted by Gasteiger charge is 2.27. The highest BCUT2D eigenvalue weighted by Crippen LogP contribution is 2.31. The Morgan fingerprint density at radius 2 is 2.32 bits per heavy atom. The minimum Gasteiger partial charge on any atom is -0.396 e. The quantitative estimate of drug-likeness (QED) is 0.916. The lowest BCUT2D eigenvalue weighted by Gasteiger charge is -2.38. The molecule has 0 bridgehead atoms. The van der Waals surface area contributed by atoms with E-state index >= 15 is 0 Å². The van der Waals surface area contributed by atoms with Crippen molar-refractivity contribution in [1.29, 1.82) is 0 Å². The van der Waals surface area contributed by atoms with Crippen molar-refractivity contribution in [3.05, 3.63) is 23.2 Å². The van der Waals surface area contributed by atoms with Crippen molar-refractivity contribution in [1.82, 2.24) is 14.4 Å². The van der Waals surface area contributed by atoms with E-state index in [1.54, 1.807) is 6.20 Å². The van der Waals surface area contributed by atoms with Crippen LogP contribution in [0, 0.1) is 0 Å². The Morgan fingerprint density at radius 1 is 1.47 bits per heavy atom. The van der Waals surface area contributed by atoms with Gasteiger partial charge in [0.05, 0.1) is 0 Å². The summed E-state index contributed by atoms with van der Waals surface area (Å²) < 4.78 is 2.79. The fourth-order valence-corrected chi connectivity index (χ4v) is 2.87. The van der Waals surface area contributed by atoms with Crippen LogP contribution in [0.4, 0.5) is 5.82 Å². The van der Waals surface area contributed by atoms with Crippen molar-refractivity contribution in [3.8, 4) is 0 Å². The topological polar surface area (TPSA) is 53.7 Å². The van der Waals surface area contributed by atoms with Crippen LogP contribution in [0.1, 0.15) is 25.7 Å². The van der Waals surface area contributed by atoms with Gasteiger partial charge in [-0.2, -0.15) is 0 Å². The summed E-state index contributed by atoms with van der Waals surface area (Å²) in [5.74, 6) is 0.914. The van der Waals surface area contributed by atoms with E-state index in [4.69, 9.17) is 5.11 Å². The van der Waals surface area contributed by atoms with Gasteiger partial charge >= 0.3 is 0 Å². The van der Waals surface area contributed by atoms with E-state index < -0.39 is 0 Å². The molecule has 102 valence electrons. The van der Waals surface area contributed by atoms with Crippen LogP contribution < -0.4 is 4.90 Å². The van der Waals surface area contributed by atoms with Gasteiger partial charge in [-0.15, -0.1) is 0 Å². The lowest BCUT2D eigenvalue weighted by Crippen LogP contribution is -2.42. The maximum Gasteiger partial charge on any atom is 0.180 e. The molecule has 0 unspecified atom stereocenters. The number of hydrogen-bond donors (Lipinski definition) is 1. The zero-order valence-corrected chi connectivity index (χ0v) is 12.3. The molecule has 3 rings (SSSR count). The van der Waals surface area contributed by atoms with E-state index in [2.05, 4.69) is 30.8 Å². The molecule has 2 aromatic heterocycles. The number of aliphatic hydroxyl groups excluding tert-OH is 1. The van der Waals surface area contributed by atoms with Crippen molar-refractivity contribution in [2.45, 2.75) is 31.7 Å². The first-order valence-electron chi connectivity index (χ1n) is 6.66. The molecule has 0 aliphatic heterocycles. The van der Waals surface area contributed by atoms with Crippen LogP contribution in [0.5, 0.6) is 0 Å². The Kier molecular flexibility index (Phi) is 3.70. The van der Waals surface area contributed by atoms with Gasteiger partial charge in [-0.25, -0.2) is 9.97 Å². The first kappa shape index (κ1) is 12.9. The number of aromatic nitrogens is 3. The Hall–Kier alpha value is -1.14. The molecule has 1 aliphatic rings. The van der Waals surface area contributed by atoms with Gasteiger partial charge in [-0.3, -0.25) is 0 Å². The highest BCUT2D eigenvalue weighted by atomic mass is 79.9. The summed E-state index contributed by atoms with van der Waals surface area (Å²) in [6.45, 7) is 1.04. The number of rotatable bonds is 5. The Morgan fingerprint density at radius 3 is 3.00 bits per heavy atom. The van der Waals surface area contributed by atoms with E-state index in [9.17, 15) is 0 Å². The number of halogens is 1. The summed E-state index contributed by atoms with van der Waals surface area (Å²) >= 11 is 3.46. The first-order valence-corrected chi connectivity index (χ1v) is 7.45. The summed E-state index contributed by atoms with van der Waals surface area (Å²) in [6, 6.07) is 0.536. The first-order chi connectivity index (χ1) is 9.29. The second-order valence-corrected chi connectivity index (χ2v) is 5.71. The maximum absolute atomic E-state index is 9.09. The smallest absolute Gasteiger partial charge is 0.180 e. The third-order valence-electron chi connectivity index (χ3n) is 3.67. The summed E-state index contributed by atoms with van der Waals surface area (Å²) in [5.41, 5.74) is 0.882. The van der Waals surface area contributed by atoms with E-state index in [0.717, 1.165) is 29.0 Å². The van der Waals surface area contributed by atoms with Crippen LogP contribution in [0.25, 0.3) is 5.65 Å². The zero-order chi connectivity index (χ0) is 13.2. The van der Waals surface area contributed by atoms with Crippen molar-refractivity contribution < 1.29 is 5.11 Å². The SMILES string of the molecule is OCCCN(c1nc(Br)cn2ccnc12)C1CCC1. The standard InChI is InChI=1S/C13H17BrN4O/c14-11-9-17-7-5-15-12(17)13(16-11)18(6-2-8-19)10-3-1-4-10/h5,7,9-10,19H,1-4,6,8H2. The van der Waals surface area contributed by atoms with Crippen LogP contribution in [0.2, 0.25) is 0 Å². The van der Waals surface area contributed by atoms with Crippen LogP contribution >= 0.6 is 15.9 Å². The molecule has 1 aliphatic carbocycles. The number of aliphatic hydroxyl groups is 1. The maximum atomic E-state index is 9.09. The minimum atomic E-state index is 0.210. The van der Waals surface area contributed by atoms with Crippen LogP contribution in [0.3, 0.4) is 0 Å². The second-order valence-electron chi connectivity index (χ2n) is 4.90. The third kappa shape index (κ3) is 2.47. The van der Waals surface area contributed by atoms with Crippen molar-refractivity contribution in [2.24, 2.45) is 0 Å². The van der Waals surface area contributed by atoms with Gasteiger partial charge in [-0.05, 0) is 41.6 Å². The number of imidazole rings is 1. The molecule has 0 atom stereocenters. The summed E-state index contributed by atoms with van der Waals surface area (Å²) in [7, 11) is 0. The second kappa shape index (κ2) is 5.46. The average Bonchev–Trinajstić information content (AvgIpc) is 2.78. The van der Waals surface area contributed by atoms with Gasteiger partial charge in [0.25, 0.3) is 0 Å². The van der Waals surface area contributed by atoms with Crippen LogP contribution in [-0.4, -0.2) is 38.7 Å². The number of fused-ring (bicyclic) bond motifs is 1. The highest BCUT2D eigenvalue weighted by molar-refractivity contribution is 9.10. The Balaban J connectivity index is 2.00. The van der Waals surface area contributed by atoms with Gasteiger partial charge in [0, 0.05) is 37.8 Å². The van der Waals surface area contributed by atoms with Crippen molar-refractivity contribution in [2.75, 3.05) is 18.1 Å². The van der Waals surface area contributed by atoms with Gasteiger partial charge in [0.2, 0.25) is 0 Å². The largest absolute Gasteiger partial charge is 0.396 e. The molecule has 0 saturated heterocycles. The molecule has 6 heteroatoms. The van der Waals surface area contributed by atoms with Crippen LogP contribution in [0.15, 0.2) is 23.2 Å². The number of anilines is 1. The van der Waals surface area contributed by atoms with E-state index in [-0.39, 0.29) is 6.61 Å². The molecule has 5 nitrogen and oxygen atoms in total. The molecular formula is C13H17BrN4O. The van der Waals surface area contributed by atoms with Crippen molar-refractivity contribution in [3.63, 3.8) is 0 Å². The molecule has 19 heavy (non-hydrogen) atoms. The fraction of sp³-hybridized carbons (Fsp3) is 0.538. The molecule has 0 amide bonds. The molecular weight excluding hydrogens is 308 g/mol. The molecule has 0 spiro atoms. The fourth-order valence-electron chi connectivity index (χ4n) is 2.48. The molecule has 1 saturated carbocycles. The predicted octanol–water partition coefficient (Wildman–Crippen LogP) is 2.23. The lowest BCUT2D eigenvalue weighted by molar-refractivity contribution is 0.282. The van der Waals surface area contributed by atoms with Gasteiger partial charge < -0.3 is 14.4 Å². The molecule has 0 aromatic carbocycles. The molecule has 1 fully saturated rings. The average molecular weight is 325 g/mol. The predicted molar refractivity (Wildman–Crippen MR) is 77.4 cm³/mol. The zero-order valence-electron chi connectivity index (χ0n) is 10.7. The Labute approximate surface area is 120 Å². The summed E-state index contributed by atoms with van der Waals surface area (Å²) in [5, 5.41) is 9.09. The van der Waals surface area contributed by atoms with E-state index in [1.165, 1.54) is 19.3 Å². The normalized spacial score (nSPS) is 15.7. The summed E-state index contributed by atoms with van der Waals surface area (Å²) in [6.07, 6.45) is 10.1. The number of hydrogen-bond acceptors (Lipinski definition) is 4. The van der Waals surface area contributed by atoms with Crippen molar-refractivity contribution >= 4 is 27.4 Å². The molecule has 2 aromatic rings. The van der Waals surface area contributed by atoms with Gasteiger partial charge in [0.1, 0.15) is 4.60 Å². The summed E-state index contributed by atoms with van der Waals surface area (Å²) in [4.78, 5) is 11.3. The van der Waals surface area contributed by atoms with Gasteiger partial charge in [-0.1, -0.05) is 0 Å². The third-order valence-corrected chi connectivity index (χ3v) is 4.05. The lowest BCUT2D eigenvalue weighted by atomic mass is 9.91. The molecule has 0 radical (unpaired) electrons. The monoisotopic (exact) mass is 324 g/mol. The molecule has 1 N–H and O–H groups in total. The number of nitrogens with zero attached hydrogens (tertiary/aromatic N) is 4. The van der Waals surface area contributed by atoms with Gasteiger partial charge in [0.15, 0.2) is 11.5 Å². The molecule has 2 heterocycles. The van der Waals surface area contributed by atoms with Crippen LogP contribution in [-0.2, 0) is 0 Å².